The van der Waals surface area contributed by atoms with Crippen molar-refractivity contribution in [3.05, 3.63) is 47.7 Å². The van der Waals surface area contributed by atoms with Crippen molar-refractivity contribution in [3.8, 4) is 0 Å². The first-order valence-corrected chi connectivity index (χ1v) is 7.35. The maximum absolute atomic E-state index is 13.8. The second kappa shape index (κ2) is 5.65. The molecular weight excluding hydrogens is 303 g/mol. The van der Waals surface area contributed by atoms with Crippen LogP contribution in [0.4, 0.5) is 4.39 Å². The van der Waals surface area contributed by atoms with Crippen molar-refractivity contribution in [2.75, 3.05) is 0 Å². The van der Waals surface area contributed by atoms with E-state index in [9.17, 15) is 12.8 Å². The molecule has 1 aromatic heterocycles. The zero-order valence-corrected chi connectivity index (χ0v) is 11.8. The van der Waals surface area contributed by atoms with E-state index in [1.54, 1.807) is 0 Å². The number of H-pyrrole nitrogens is 1. The summed E-state index contributed by atoms with van der Waals surface area (Å²) in [4.78, 5) is 6.16. The van der Waals surface area contributed by atoms with E-state index in [1.807, 2.05) is 0 Å². The summed E-state index contributed by atoms with van der Waals surface area (Å²) >= 11 is 4.73. The van der Waals surface area contributed by atoms with E-state index in [0.29, 0.717) is 5.56 Å². The van der Waals surface area contributed by atoms with Gasteiger partial charge in [0.15, 0.2) is 5.03 Å². The van der Waals surface area contributed by atoms with Crippen molar-refractivity contribution >= 4 is 27.2 Å². The van der Waals surface area contributed by atoms with Gasteiger partial charge in [-0.05, 0) is 6.07 Å². The summed E-state index contributed by atoms with van der Waals surface area (Å²) in [6.45, 7) is -0.190. The Balaban J connectivity index is 2.14. The maximum atomic E-state index is 13.8. The zero-order valence-electron chi connectivity index (χ0n) is 10.1. The molecule has 1 heterocycles. The van der Waals surface area contributed by atoms with Gasteiger partial charge in [-0.25, -0.2) is 22.5 Å². The Morgan fingerprint density at radius 2 is 2.25 bits per heavy atom. The minimum absolute atomic E-state index is 0.0773. The predicted molar refractivity (Wildman–Crippen MR) is 74.9 cm³/mol. The smallest absolute Gasteiger partial charge is 0.257 e. The van der Waals surface area contributed by atoms with Gasteiger partial charge < -0.3 is 10.7 Å². The molecule has 0 spiro atoms. The van der Waals surface area contributed by atoms with Gasteiger partial charge >= 0.3 is 0 Å². The average molecular weight is 314 g/mol. The molecule has 0 radical (unpaired) electrons. The van der Waals surface area contributed by atoms with Gasteiger partial charge in [0.25, 0.3) is 10.0 Å². The number of aromatic nitrogens is 2. The van der Waals surface area contributed by atoms with Gasteiger partial charge in [0, 0.05) is 17.7 Å². The maximum Gasteiger partial charge on any atom is 0.257 e. The van der Waals surface area contributed by atoms with E-state index in [1.165, 1.54) is 24.5 Å². The largest absolute Gasteiger partial charge is 0.389 e. The molecule has 0 amide bonds. The van der Waals surface area contributed by atoms with Crippen LogP contribution in [0.25, 0.3) is 0 Å². The van der Waals surface area contributed by atoms with Crippen LogP contribution in [-0.4, -0.2) is 23.4 Å². The number of hydrogen-bond acceptors (Lipinski definition) is 4. The lowest BCUT2D eigenvalue weighted by Crippen LogP contribution is -2.24. The number of sulfonamides is 1. The van der Waals surface area contributed by atoms with Gasteiger partial charge in [0.2, 0.25) is 0 Å². The first-order valence-electron chi connectivity index (χ1n) is 5.46. The molecular formula is C11H11FN4O2S2. The molecule has 0 aliphatic rings. The highest BCUT2D eigenvalue weighted by Gasteiger charge is 2.16. The molecule has 0 unspecified atom stereocenters. The predicted octanol–water partition coefficient (Wildman–Crippen LogP) is 0.661. The molecule has 20 heavy (non-hydrogen) atoms. The third-order valence-corrected chi connectivity index (χ3v) is 4.12. The van der Waals surface area contributed by atoms with Gasteiger partial charge in [0.05, 0.1) is 12.5 Å². The van der Waals surface area contributed by atoms with Crippen LogP contribution in [0.1, 0.15) is 11.1 Å². The van der Waals surface area contributed by atoms with Gasteiger partial charge in [-0.2, -0.15) is 0 Å². The molecule has 0 saturated heterocycles. The minimum Gasteiger partial charge on any atom is -0.389 e. The average Bonchev–Trinajstić information content (AvgIpc) is 2.91. The number of halogens is 1. The normalized spacial score (nSPS) is 11.4. The number of aromatic amines is 1. The lowest BCUT2D eigenvalue weighted by atomic mass is 10.1. The van der Waals surface area contributed by atoms with Crippen molar-refractivity contribution < 1.29 is 12.8 Å². The lowest BCUT2D eigenvalue weighted by molar-refractivity contribution is 0.571. The SMILES string of the molecule is NC(=S)c1ccc(CNS(=O)(=O)c2cnc[nH]2)c(F)c1. The van der Waals surface area contributed by atoms with E-state index in [0.717, 1.165) is 6.20 Å². The summed E-state index contributed by atoms with van der Waals surface area (Å²) in [6, 6.07) is 4.13. The quantitative estimate of drug-likeness (QED) is 0.704. The van der Waals surface area contributed by atoms with Crippen molar-refractivity contribution in [1.29, 1.82) is 0 Å². The summed E-state index contributed by atoms with van der Waals surface area (Å²) in [6.07, 6.45) is 2.40. The Morgan fingerprint density at radius 1 is 1.50 bits per heavy atom. The fraction of sp³-hybridized carbons (Fsp3) is 0.0909. The van der Waals surface area contributed by atoms with Crippen molar-refractivity contribution in [2.45, 2.75) is 11.6 Å². The highest BCUT2D eigenvalue weighted by Crippen LogP contribution is 2.12. The zero-order chi connectivity index (χ0) is 14.8. The minimum atomic E-state index is -3.74. The number of nitrogens with two attached hydrogens (primary N) is 1. The summed E-state index contributed by atoms with van der Waals surface area (Å²) in [5, 5.41) is -0.0855. The first kappa shape index (κ1) is 14.6. The molecule has 0 atom stereocenters. The van der Waals surface area contributed by atoms with Crippen LogP contribution in [0.5, 0.6) is 0 Å². The van der Waals surface area contributed by atoms with Crippen molar-refractivity contribution in [2.24, 2.45) is 5.73 Å². The topological polar surface area (TPSA) is 101 Å². The van der Waals surface area contributed by atoms with Crippen LogP contribution in [0.15, 0.2) is 35.7 Å². The molecule has 0 aliphatic carbocycles. The lowest BCUT2D eigenvalue weighted by Gasteiger charge is -2.07. The molecule has 2 rings (SSSR count). The van der Waals surface area contributed by atoms with Crippen molar-refractivity contribution in [1.82, 2.24) is 14.7 Å². The van der Waals surface area contributed by atoms with Gasteiger partial charge in [-0.1, -0.05) is 24.4 Å². The molecule has 0 saturated carbocycles. The molecule has 0 bridgehead atoms. The third-order valence-electron chi connectivity index (χ3n) is 2.55. The number of nitrogens with one attached hydrogen (secondary N) is 2. The first-order chi connectivity index (χ1) is 9.40. The molecule has 9 heteroatoms. The van der Waals surface area contributed by atoms with Gasteiger partial charge in [0.1, 0.15) is 10.8 Å². The van der Waals surface area contributed by atoms with E-state index < -0.39 is 15.8 Å². The number of hydrogen-bond donors (Lipinski definition) is 3. The number of imidazole rings is 1. The molecule has 4 N–H and O–H groups in total. The number of thiocarbonyl (C=S) groups is 1. The van der Waals surface area contributed by atoms with E-state index in [2.05, 4.69) is 14.7 Å². The van der Waals surface area contributed by atoms with E-state index in [4.69, 9.17) is 18.0 Å². The fourth-order valence-electron chi connectivity index (χ4n) is 1.48. The van der Waals surface area contributed by atoms with Crippen LogP contribution in [0.3, 0.4) is 0 Å². The van der Waals surface area contributed by atoms with Crippen LogP contribution in [0.2, 0.25) is 0 Å². The Bertz CT molecular complexity index is 729. The van der Waals surface area contributed by atoms with Crippen LogP contribution in [-0.2, 0) is 16.6 Å². The second-order valence-electron chi connectivity index (χ2n) is 3.91. The summed E-state index contributed by atoms with van der Waals surface area (Å²) in [5.41, 5.74) is 5.96. The van der Waals surface area contributed by atoms with Crippen LogP contribution < -0.4 is 10.5 Å². The third kappa shape index (κ3) is 3.18. The highest BCUT2D eigenvalue weighted by atomic mass is 32.2. The van der Waals surface area contributed by atoms with Crippen LogP contribution >= 0.6 is 12.2 Å². The summed E-state index contributed by atoms with van der Waals surface area (Å²) < 4.78 is 39.6. The molecule has 1 aromatic carbocycles. The Morgan fingerprint density at radius 3 is 2.80 bits per heavy atom. The Kier molecular flexibility index (Phi) is 4.12. The molecule has 106 valence electrons. The molecule has 0 fully saturated rings. The standard InChI is InChI=1S/C11H11FN4O2S2/c12-9-3-7(11(13)19)1-2-8(9)4-16-20(17,18)10-5-14-6-15-10/h1-3,5-6,16H,4H2,(H2,13,19)(H,14,15). The number of nitrogens with zero attached hydrogens (tertiary/aromatic N) is 1. The number of rotatable bonds is 5. The van der Waals surface area contributed by atoms with Crippen LogP contribution in [0, 0.1) is 5.82 Å². The summed E-state index contributed by atoms with van der Waals surface area (Å²) in [7, 11) is -3.74. The number of benzene rings is 1. The molecule has 0 aliphatic heterocycles. The molecule has 6 nitrogen and oxygen atoms in total. The highest BCUT2D eigenvalue weighted by molar-refractivity contribution is 7.89. The molecule has 2 aromatic rings. The van der Waals surface area contributed by atoms with Crippen molar-refractivity contribution in [3.63, 3.8) is 0 Å². The summed E-state index contributed by atoms with van der Waals surface area (Å²) in [5.74, 6) is -0.581. The van der Waals surface area contributed by atoms with Gasteiger partial charge in [-0.3, -0.25) is 0 Å². The fourth-order valence-corrected chi connectivity index (χ4v) is 2.52. The monoisotopic (exact) mass is 314 g/mol. The van der Waals surface area contributed by atoms with E-state index in [-0.39, 0.29) is 22.1 Å². The van der Waals surface area contributed by atoms with E-state index >= 15 is 0 Å². The van der Waals surface area contributed by atoms with Gasteiger partial charge in [-0.15, -0.1) is 0 Å². The second-order valence-corrected chi connectivity index (χ2v) is 6.09. The Hall–Kier alpha value is -1.84. The Labute approximate surface area is 120 Å².